The molecule has 210 valence electrons. The number of guanidine groups is 1. The van der Waals surface area contributed by atoms with Gasteiger partial charge in [0.1, 0.15) is 17.2 Å². The molecular formula is C31H33N7O2S. The first kappa shape index (κ1) is 27.9. The molecular weight excluding hydrogens is 534 g/mol. The summed E-state index contributed by atoms with van der Waals surface area (Å²) in [5, 5.41) is 6.86. The lowest BCUT2D eigenvalue weighted by atomic mass is 10.2. The smallest absolute Gasteiger partial charge is 0.229 e. The number of benzene rings is 3. The molecule has 5 rings (SSSR count). The molecule has 41 heavy (non-hydrogen) atoms. The molecule has 1 aromatic heterocycles. The van der Waals surface area contributed by atoms with Crippen molar-refractivity contribution in [1.82, 2.24) is 14.9 Å². The van der Waals surface area contributed by atoms with E-state index in [-0.39, 0.29) is 0 Å². The number of nitrogens with one attached hydrogen (secondary N) is 2. The quantitative estimate of drug-likeness (QED) is 0.168. The van der Waals surface area contributed by atoms with Crippen LogP contribution < -0.4 is 25.0 Å². The largest absolute Gasteiger partial charge is 0.497 e. The number of hydrogen-bond acceptors (Lipinski definition) is 6. The monoisotopic (exact) mass is 567 g/mol. The molecule has 2 N–H and O–H groups in total. The molecule has 0 bridgehead atoms. The van der Waals surface area contributed by atoms with Gasteiger partial charge in [0.25, 0.3) is 0 Å². The van der Waals surface area contributed by atoms with Crippen LogP contribution in [0, 0.1) is 13.8 Å². The number of piperazine rings is 1. The molecule has 0 atom stereocenters. The third-order valence-electron chi connectivity index (χ3n) is 6.51. The highest BCUT2D eigenvalue weighted by Gasteiger charge is 2.22. The number of rotatable bonds is 6. The van der Waals surface area contributed by atoms with Gasteiger partial charge in [0.2, 0.25) is 17.0 Å². The predicted molar refractivity (Wildman–Crippen MR) is 169 cm³/mol. The van der Waals surface area contributed by atoms with E-state index in [2.05, 4.69) is 42.5 Å². The van der Waals surface area contributed by atoms with Crippen LogP contribution in [0.1, 0.15) is 11.4 Å². The lowest BCUT2D eigenvalue weighted by Crippen LogP contribution is -2.51. The molecule has 4 aromatic rings. The topological polar surface area (TPSA) is 87.1 Å². The molecule has 0 spiro atoms. The first-order chi connectivity index (χ1) is 19.9. The van der Waals surface area contributed by atoms with Gasteiger partial charge in [0.15, 0.2) is 0 Å². The molecule has 0 radical (unpaired) electrons. The fourth-order valence-corrected chi connectivity index (χ4v) is 4.71. The predicted octanol–water partition coefficient (Wildman–Crippen LogP) is 5.88. The second-order valence-electron chi connectivity index (χ2n) is 9.58. The number of aliphatic imine (C=N–C) groups is 1. The summed E-state index contributed by atoms with van der Waals surface area (Å²) in [6.07, 6.45) is 0. The maximum Gasteiger partial charge on any atom is 0.229 e. The summed E-state index contributed by atoms with van der Waals surface area (Å²) < 4.78 is 11.2. The Balaban J connectivity index is 1.28. The van der Waals surface area contributed by atoms with Crippen molar-refractivity contribution in [2.75, 3.05) is 48.8 Å². The van der Waals surface area contributed by atoms with E-state index >= 15 is 0 Å². The molecule has 1 saturated heterocycles. The zero-order chi connectivity index (χ0) is 28.6. The number of para-hydroxylation sites is 1. The van der Waals surface area contributed by atoms with Gasteiger partial charge in [-0.05, 0) is 92.8 Å². The second kappa shape index (κ2) is 13.1. The van der Waals surface area contributed by atoms with E-state index in [1.54, 1.807) is 7.11 Å². The summed E-state index contributed by atoms with van der Waals surface area (Å²) in [7, 11) is 1.68. The molecule has 10 heteroatoms. The summed E-state index contributed by atoms with van der Waals surface area (Å²) in [4.78, 5) is 18.4. The third-order valence-corrected chi connectivity index (χ3v) is 6.71. The van der Waals surface area contributed by atoms with Gasteiger partial charge in [-0.25, -0.2) is 9.97 Å². The molecule has 3 aromatic carbocycles. The molecule has 0 aliphatic carbocycles. The van der Waals surface area contributed by atoms with Gasteiger partial charge in [-0.3, -0.25) is 5.32 Å². The first-order valence-electron chi connectivity index (χ1n) is 13.4. The summed E-state index contributed by atoms with van der Waals surface area (Å²) in [5.41, 5.74) is 3.72. The number of thiocarbonyl (C=S) groups is 1. The zero-order valence-corrected chi connectivity index (χ0v) is 24.2. The highest BCUT2D eigenvalue weighted by molar-refractivity contribution is 7.80. The van der Waals surface area contributed by atoms with Gasteiger partial charge in [-0.15, -0.1) is 0 Å². The van der Waals surface area contributed by atoms with Crippen LogP contribution in [0.2, 0.25) is 0 Å². The Morgan fingerprint density at radius 1 is 0.780 bits per heavy atom. The van der Waals surface area contributed by atoms with Crippen molar-refractivity contribution in [1.29, 1.82) is 0 Å². The van der Waals surface area contributed by atoms with E-state index in [4.69, 9.17) is 26.7 Å². The SMILES string of the molecule is COc1ccc(N2CCN(/C(=N\C(=S)Nc3ccc(Oc4ccccc4)cc3)Nc3nc(C)cc(C)n3)CC2)cc1. The van der Waals surface area contributed by atoms with E-state index in [1.165, 1.54) is 0 Å². The number of hydrogen-bond donors (Lipinski definition) is 2. The van der Waals surface area contributed by atoms with Crippen molar-refractivity contribution >= 4 is 40.6 Å². The Hall–Kier alpha value is -4.70. The van der Waals surface area contributed by atoms with Crippen molar-refractivity contribution < 1.29 is 9.47 Å². The summed E-state index contributed by atoms with van der Waals surface area (Å²) in [6.45, 7) is 7.03. The van der Waals surface area contributed by atoms with E-state index < -0.39 is 0 Å². The van der Waals surface area contributed by atoms with Gasteiger partial charge in [0, 0.05) is 48.9 Å². The van der Waals surface area contributed by atoms with Crippen molar-refractivity contribution in [3.8, 4) is 17.2 Å². The number of anilines is 3. The van der Waals surface area contributed by atoms with Gasteiger partial charge < -0.3 is 24.6 Å². The molecule has 0 saturated carbocycles. The molecule has 1 aliphatic heterocycles. The molecule has 0 unspecified atom stereocenters. The Kier molecular flexibility index (Phi) is 8.90. The van der Waals surface area contributed by atoms with Crippen LogP contribution in [-0.4, -0.2) is 59.2 Å². The lowest BCUT2D eigenvalue weighted by molar-refractivity contribution is 0.385. The van der Waals surface area contributed by atoms with E-state index in [1.807, 2.05) is 86.6 Å². The van der Waals surface area contributed by atoms with Gasteiger partial charge in [-0.1, -0.05) is 18.2 Å². The summed E-state index contributed by atoms with van der Waals surface area (Å²) in [5.74, 6) is 3.46. The van der Waals surface area contributed by atoms with Crippen LogP contribution in [0.15, 0.2) is 89.9 Å². The van der Waals surface area contributed by atoms with E-state index in [0.29, 0.717) is 17.0 Å². The van der Waals surface area contributed by atoms with Crippen LogP contribution in [0.5, 0.6) is 17.2 Å². The van der Waals surface area contributed by atoms with E-state index in [9.17, 15) is 0 Å². The fraction of sp³-hybridized carbons (Fsp3) is 0.226. The van der Waals surface area contributed by atoms with Gasteiger partial charge >= 0.3 is 0 Å². The number of methoxy groups -OCH3 is 1. The van der Waals surface area contributed by atoms with Crippen LogP contribution in [0.25, 0.3) is 0 Å². The average Bonchev–Trinajstić information content (AvgIpc) is 2.98. The Morgan fingerprint density at radius 2 is 1.39 bits per heavy atom. The maximum absolute atomic E-state index is 5.89. The maximum atomic E-state index is 5.89. The second-order valence-corrected chi connectivity index (χ2v) is 9.96. The molecule has 1 fully saturated rings. The molecule has 1 aliphatic rings. The average molecular weight is 568 g/mol. The minimum atomic E-state index is 0.325. The van der Waals surface area contributed by atoms with Crippen molar-refractivity contribution in [3.05, 3.63) is 96.3 Å². The van der Waals surface area contributed by atoms with Crippen LogP contribution in [0.4, 0.5) is 17.3 Å². The number of ether oxygens (including phenoxy) is 2. The lowest BCUT2D eigenvalue weighted by Gasteiger charge is -2.37. The first-order valence-corrected chi connectivity index (χ1v) is 13.8. The number of aromatic nitrogens is 2. The Morgan fingerprint density at radius 3 is 2.02 bits per heavy atom. The highest BCUT2D eigenvalue weighted by atomic mass is 32.1. The van der Waals surface area contributed by atoms with E-state index in [0.717, 1.165) is 66.2 Å². The minimum absolute atomic E-state index is 0.325. The number of nitrogens with zero attached hydrogens (tertiary/aromatic N) is 5. The molecule has 9 nitrogen and oxygen atoms in total. The Bertz CT molecular complexity index is 1470. The highest BCUT2D eigenvalue weighted by Crippen LogP contribution is 2.23. The van der Waals surface area contributed by atoms with Crippen LogP contribution in [-0.2, 0) is 0 Å². The fourth-order valence-electron chi connectivity index (χ4n) is 4.51. The molecule has 2 heterocycles. The number of aryl methyl sites for hydroxylation is 2. The summed E-state index contributed by atoms with van der Waals surface area (Å²) >= 11 is 5.65. The summed E-state index contributed by atoms with van der Waals surface area (Å²) in [6, 6.07) is 27.3. The molecule has 0 amide bonds. The van der Waals surface area contributed by atoms with Gasteiger partial charge in [0.05, 0.1) is 7.11 Å². The Labute approximate surface area is 245 Å². The standard InChI is InChI=1S/C31H33N7O2S/c1-22-21-23(2)33-29(32-22)35-30(38-19-17-37(18-20-38)25-11-15-26(39-3)16-12-25)36-31(41)34-24-9-13-28(14-10-24)40-27-7-5-4-6-8-27/h4-16,21H,17-20H2,1-3H3,(H2,32,33,34,35,36,41). The minimum Gasteiger partial charge on any atom is -0.497 e. The van der Waals surface area contributed by atoms with Gasteiger partial charge in [-0.2, -0.15) is 4.99 Å². The zero-order valence-electron chi connectivity index (χ0n) is 23.4. The van der Waals surface area contributed by atoms with Crippen LogP contribution in [0.3, 0.4) is 0 Å². The van der Waals surface area contributed by atoms with Crippen molar-refractivity contribution in [2.45, 2.75) is 13.8 Å². The van der Waals surface area contributed by atoms with Crippen molar-refractivity contribution in [2.24, 2.45) is 4.99 Å². The third kappa shape index (κ3) is 7.70. The van der Waals surface area contributed by atoms with Crippen LogP contribution >= 0.6 is 12.2 Å². The normalized spacial score (nSPS) is 13.5. The van der Waals surface area contributed by atoms with Crippen molar-refractivity contribution in [3.63, 3.8) is 0 Å².